The molecule has 2 aliphatic heterocycles. The molecule has 1 amide bonds. The lowest BCUT2D eigenvalue weighted by molar-refractivity contribution is -0.126. The minimum absolute atomic E-state index is 0.0212. The highest BCUT2D eigenvalue weighted by Crippen LogP contribution is 2.34. The number of fused-ring (bicyclic) bond motifs is 2. The van der Waals surface area contributed by atoms with Crippen LogP contribution in [-0.4, -0.2) is 52.8 Å². The van der Waals surface area contributed by atoms with Gasteiger partial charge in [-0.1, -0.05) is 34.8 Å². The largest absolute Gasteiger partial charge is 0.379 e. The highest BCUT2D eigenvalue weighted by molar-refractivity contribution is 6.42. The van der Waals surface area contributed by atoms with Crippen LogP contribution in [0.4, 0.5) is 5.95 Å². The third-order valence-electron chi connectivity index (χ3n) is 6.97. The number of hydrogen-bond donors (Lipinski definition) is 1. The van der Waals surface area contributed by atoms with Gasteiger partial charge in [0.25, 0.3) is 0 Å². The van der Waals surface area contributed by atoms with Gasteiger partial charge in [-0.05, 0) is 61.7 Å². The Kier molecular flexibility index (Phi) is 6.42. The van der Waals surface area contributed by atoms with Crippen LogP contribution in [0.15, 0.2) is 42.5 Å². The minimum atomic E-state index is -0.0212. The number of carbonyl (C=O) groups excluding carboxylic acids is 1. The second-order valence-electron chi connectivity index (χ2n) is 9.34. The fourth-order valence-electron chi connectivity index (χ4n) is 5.02. The monoisotopic (exact) mass is 543 g/mol. The number of hydrogen-bond acceptors (Lipinski definition) is 5. The second kappa shape index (κ2) is 9.71. The van der Waals surface area contributed by atoms with Crippen molar-refractivity contribution in [3.8, 4) is 5.82 Å². The smallest absolute Gasteiger partial charge is 0.223 e. The van der Waals surface area contributed by atoms with Gasteiger partial charge in [-0.25, -0.2) is 9.97 Å². The molecule has 2 aliphatic rings. The topological polar surface area (TPSA) is 72.3 Å². The zero-order valence-electron chi connectivity index (χ0n) is 19.4. The molecule has 2 saturated heterocycles. The normalized spacial score (nSPS) is 18.9. The molecule has 1 N–H and O–H groups in total. The molecule has 186 valence electrons. The number of anilines is 1. The zero-order valence-corrected chi connectivity index (χ0v) is 21.7. The maximum atomic E-state index is 12.8. The predicted octanol–water partition coefficient (Wildman–Crippen LogP) is 5.66. The Bertz CT molecular complexity index is 1460. The molecule has 4 aromatic rings. The highest BCUT2D eigenvalue weighted by atomic mass is 35.5. The molecule has 1 atom stereocenters. The number of carbonyl (C=O) groups is 1. The fraction of sp³-hybridized carbons (Fsp3) is 0.346. The summed E-state index contributed by atoms with van der Waals surface area (Å²) in [5.74, 6) is 1.58. The van der Waals surface area contributed by atoms with E-state index in [4.69, 9.17) is 49.5 Å². The van der Waals surface area contributed by atoms with Crippen molar-refractivity contribution in [1.29, 1.82) is 0 Å². The van der Waals surface area contributed by atoms with E-state index in [1.54, 1.807) is 6.07 Å². The van der Waals surface area contributed by atoms with E-state index in [0.717, 1.165) is 53.0 Å². The van der Waals surface area contributed by atoms with Crippen LogP contribution in [0.2, 0.25) is 15.1 Å². The van der Waals surface area contributed by atoms with E-state index in [1.807, 2.05) is 41.0 Å². The van der Waals surface area contributed by atoms with Crippen molar-refractivity contribution in [3.63, 3.8) is 0 Å². The molecule has 0 aliphatic carbocycles. The molecule has 10 heteroatoms. The number of imidazole rings is 1. The van der Waals surface area contributed by atoms with Gasteiger partial charge in [-0.2, -0.15) is 0 Å². The molecule has 36 heavy (non-hydrogen) atoms. The van der Waals surface area contributed by atoms with Crippen LogP contribution in [0.3, 0.4) is 0 Å². The van der Waals surface area contributed by atoms with Crippen molar-refractivity contribution >= 4 is 68.6 Å². The predicted molar refractivity (Wildman–Crippen MR) is 144 cm³/mol. The van der Waals surface area contributed by atoms with Crippen LogP contribution in [0.1, 0.15) is 19.3 Å². The molecule has 6 rings (SSSR count). The Morgan fingerprint density at radius 1 is 0.944 bits per heavy atom. The van der Waals surface area contributed by atoms with Crippen LogP contribution in [0.25, 0.3) is 27.8 Å². The first-order chi connectivity index (χ1) is 17.5. The summed E-state index contributed by atoms with van der Waals surface area (Å²) >= 11 is 18.9. The van der Waals surface area contributed by atoms with Gasteiger partial charge in [-0.3, -0.25) is 9.36 Å². The summed E-state index contributed by atoms with van der Waals surface area (Å²) in [6.45, 7) is 2.72. The standard InChI is InChI=1S/C26H24Cl3N5O2/c27-17-2-3-21-16(11-17)1-4-24(31-21)34-23-13-20(29)19(28)12-22(23)32-26(34)33-8-5-15(6-9-33)25(35)30-18-7-10-36-14-18/h1-4,11-13,15,18H,5-10,14H2,(H,30,35)/t18-/m1/s1. The number of aromatic nitrogens is 3. The molecule has 2 fully saturated rings. The Hall–Kier alpha value is -2.58. The van der Waals surface area contributed by atoms with E-state index in [-0.39, 0.29) is 17.9 Å². The van der Waals surface area contributed by atoms with E-state index < -0.39 is 0 Å². The Morgan fingerprint density at radius 2 is 1.75 bits per heavy atom. The number of ether oxygens (including phenoxy) is 1. The average molecular weight is 545 g/mol. The zero-order chi connectivity index (χ0) is 24.8. The van der Waals surface area contributed by atoms with Crippen LogP contribution in [0, 0.1) is 5.92 Å². The summed E-state index contributed by atoms with van der Waals surface area (Å²) in [6, 6.07) is 13.3. The molecular weight excluding hydrogens is 521 g/mol. The van der Waals surface area contributed by atoms with Gasteiger partial charge in [0, 0.05) is 36.0 Å². The molecule has 0 bridgehead atoms. The lowest BCUT2D eigenvalue weighted by Crippen LogP contribution is -2.44. The van der Waals surface area contributed by atoms with Gasteiger partial charge in [0.15, 0.2) is 0 Å². The Balaban J connectivity index is 1.33. The minimum Gasteiger partial charge on any atom is -0.379 e. The van der Waals surface area contributed by atoms with Gasteiger partial charge in [0.05, 0.1) is 39.2 Å². The maximum absolute atomic E-state index is 12.8. The summed E-state index contributed by atoms with van der Waals surface area (Å²) in [7, 11) is 0. The van der Waals surface area contributed by atoms with Crippen molar-refractivity contribution in [3.05, 3.63) is 57.5 Å². The van der Waals surface area contributed by atoms with Gasteiger partial charge < -0.3 is 15.0 Å². The van der Waals surface area contributed by atoms with E-state index in [0.29, 0.717) is 41.4 Å². The number of amides is 1. The summed E-state index contributed by atoms with van der Waals surface area (Å²) < 4.78 is 7.40. The summed E-state index contributed by atoms with van der Waals surface area (Å²) in [6.07, 6.45) is 2.37. The van der Waals surface area contributed by atoms with Crippen molar-refractivity contribution < 1.29 is 9.53 Å². The van der Waals surface area contributed by atoms with E-state index in [2.05, 4.69) is 10.2 Å². The van der Waals surface area contributed by atoms with E-state index in [1.165, 1.54) is 0 Å². The molecule has 0 radical (unpaired) electrons. The van der Waals surface area contributed by atoms with Crippen LogP contribution < -0.4 is 10.2 Å². The van der Waals surface area contributed by atoms with Gasteiger partial charge >= 0.3 is 0 Å². The molecule has 0 spiro atoms. The number of halogens is 3. The van der Waals surface area contributed by atoms with Gasteiger partial charge in [0.2, 0.25) is 11.9 Å². The molecule has 4 heterocycles. The summed E-state index contributed by atoms with van der Waals surface area (Å²) in [5, 5.41) is 5.67. The van der Waals surface area contributed by atoms with Crippen molar-refractivity contribution in [2.75, 3.05) is 31.2 Å². The van der Waals surface area contributed by atoms with Crippen molar-refractivity contribution in [2.24, 2.45) is 5.92 Å². The van der Waals surface area contributed by atoms with Crippen LogP contribution in [0.5, 0.6) is 0 Å². The number of nitrogens with one attached hydrogen (secondary N) is 1. The summed E-state index contributed by atoms with van der Waals surface area (Å²) in [4.78, 5) is 24.8. The Morgan fingerprint density at radius 3 is 2.53 bits per heavy atom. The van der Waals surface area contributed by atoms with Gasteiger partial charge in [0.1, 0.15) is 5.82 Å². The number of rotatable bonds is 4. The average Bonchev–Trinajstić information content (AvgIpc) is 3.52. The van der Waals surface area contributed by atoms with E-state index >= 15 is 0 Å². The fourth-order valence-corrected chi connectivity index (χ4v) is 5.51. The molecule has 2 aromatic carbocycles. The van der Waals surface area contributed by atoms with E-state index in [9.17, 15) is 4.79 Å². The first-order valence-corrected chi connectivity index (χ1v) is 13.2. The maximum Gasteiger partial charge on any atom is 0.223 e. The first-order valence-electron chi connectivity index (χ1n) is 12.0. The second-order valence-corrected chi connectivity index (χ2v) is 10.6. The third-order valence-corrected chi connectivity index (χ3v) is 7.93. The Labute approximate surface area is 223 Å². The van der Waals surface area contributed by atoms with Crippen LogP contribution >= 0.6 is 34.8 Å². The van der Waals surface area contributed by atoms with Gasteiger partial charge in [-0.15, -0.1) is 0 Å². The molecule has 7 nitrogen and oxygen atoms in total. The summed E-state index contributed by atoms with van der Waals surface area (Å²) in [5.41, 5.74) is 2.39. The lowest BCUT2D eigenvalue weighted by Gasteiger charge is -2.32. The molecule has 0 saturated carbocycles. The quantitative estimate of drug-likeness (QED) is 0.359. The molecule has 2 aromatic heterocycles. The number of benzene rings is 2. The number of pyridine rings is 1. The molecule has 0 unspecified atom stereocenters. The highest BCUT2D eigenvalue weighted by Gasteiger charge is 2.30. The van der Waals surface area contributed by atoms with Crippen molar-refractivity contribution in [2.45, 2.75) is 25.3 Å². The number of piperidine rings is 1. The van der Waals surface area contributed by atoms with Crippen molar-refractivity contribution in [1.82, 2.24) is 19.9 Å². The number of nitrogens with zero attached hydrogens (tertiary/aromatic N) is 4. The SMILES string of the molecule is O=C(N[C@@H]1CCOC1)C1CCN(c2nc3cc(Cl)c(Cl)cc3n2-c2ccc3cc(Cl)ccc3n2)CC1. The first kappa shape index (κ1) is 23.8. The third kappa shape index (κ3) is 4.50. The lowest BCUT2D eigenvalue weighted by atomic mass is 9.95. The van der Waals surface area contributed by atoms with Crippen LogP contribution in [-0.2, 0) is 9.53 Å². The molecular formula is C26H24Cl3N5O2.